The van der Waals surface area contributed by atoms with Crippen molar-refractivity contribution in [1.82, 2.24) is 15.3 Å². The highest BCUT2D eigenvalue weighted by molar-refractivity contribution is 5.90. The zero-order chi connectivity index (χ0) is 22.7. The summed E-state index contributed by atoms with van der Waals surface area (Å²) in [5, 5.41) is 4.07. The Morgan fingerprint density at radius 1 is 1.19 bits per heavy atom. The van der Waals surface area contributed by atoms with Crippen LogP contribution in [0.3, 0.4) is 0 Å². The van der Waals surface area contributed by atoms with E-state index in [1.165, 1.54) is 0 Å². The van der Waals surface area contributed by atoms with Gasteiger partial charge < -0.3 is 24.1 Å². The number of rotatable bonds is 7. The molecule has 1 N–H and O–H groups in total. The Kier molecular flexibility index (Phi) is 6.48. The summed E-state index contributed by atoms with van der Waals surface area (Å²) >= 11 is 0. The first-order valence-electron chi connectivity index (χ1n) is 11.0. The average Bonchev–Trinajstić information content (AvgIpc) is 3.12. The van der Waals surface area contributed by atoms with E-state index in [2.05, 4.69) is 20.2 Å². The Hall–Kier alpha value is -3.29. The molecule has 0 atom stereocenters. The minimum Gasteiger partial charge on any atom is -0.497 e. The number of hydrogen-bond acceptors (Lipinski definition) is 7. The predicted octanol–water partition coefficient (Wildman–Crippen LogP) is 3.43. The van der Waals surface area contributed by atoms with Crippen molar-refractivity contribution < 1.29 is 18.7 Å². The van der Waals surface area contributed by atoms with Crippen molar-refractivity contribution in [3.8, 4) is 11.5 Å². The van der Waals surface area contributed by atoms with Crippen LogP contribution in [-0.4, -0.2) is 49.7 Å². The fraction of sp³-hybridized carbons (Fsp3) is 0.458. The van der Waals surface area contributed by atoms with Gasteiger partial charge >= 0.3 is 0 Å². The molecule has 4 rings (SSSR count). The van der Waals surface area contributed by atoms with Crippen LogP contribution in [0.5, 0.6) is 11.5 Å². The molecule has 0 bridgehead atoms. The van der Waals surface area contributed by atoms with E-state index in [1.807, 2.05) is 32.0 Å². The number of piperidine rings is 1. The van der Waals surface area contributed by atoms with Gasteiger partial charge in [-0.3, -0.25) is 4.79 Å². The maximum atomic E-state index is 12.7. The summed E-state index contributed by atoms with van der Waals surface area (Å²) in [7, 11) is 3.27. The SMILES string of the molecule is COc1ccc(CCNC(=O)C2CCN(c3ncnc4oc(C)c(C)c34)CC2)c(OC)c1. The smallest absolute Gasteiger partial charge is 0.231 e. The van der Waals surface area contributed by atoms with E-state index in [1.54, 1.807) is 20.5 Å². The van der Waals surface area contributed by atoms with Gasteiger partial charge in [-0.05, 0) is 44.7 Å². The van der Waals surface area contributed by atoms with Crippen LogP contribution < -0.4 is 19.7 Å². The van der Waals surface area contributed by atoms with E-state index in [0.717, 1.165) is 65.5 Å². The number of methoxy groups -OCH3 is 2. The van der Waals surface area contributed by atoms with Crippen LogP contribution in [0, 0.1) is 19.8 Å². The van der Waals surface area contributed by atoms with Gasteiger partial charge in [0, 0.05) is 37.2 Å². The van der Waals surface area contributed by atoms with Crippen molar-refractivity contribution in [2.24, 2.45) is 5.92 Å². The van der Waals surface area contributed by atoms with Gasteiger partial charge in [0.25, 0.3) is 0 Å². The van der Waals surface area contributed by atoms with Gasteiger partial charge in [0.05, 0.1) is 19.6 Å². The average molecular weight is 439 g/mol. The first-order chi connectivity index (χ1) is 15.5. The Morgan fingerprint density at radius 3 is 2.69 bits per heavy atom. The number of hydrogen-bond donors (Lipinski definition) is 1. The molecular formula is C24H30N4O4. The van der Waals surface area contributed by atoms with Crippen LogP contribution in [0.2, 0.25) is 0 Å². The van der Waals surface area contributed by atoms with Crippen LogP contribution in [0.15, 0.2) is 28.9 Å². The number of carbonyl (C=O) groups excluding carboxylic acids is 1. The molecule has 0 unspecified atom stereocenters. The lowest BCUT2D eigenvalue weighted by Crippen LogP contribution is -2.41. The number of furan rings is 1. The monoisotopic (exact) mass is 438 g/mol. The highest BCUT2D eigenvalue weighted by Crippen LogP contribution is 2.32. The molecule has 0 spiro atoms. The highest BCUT2D eigenvalue weighted by atomic mass is 16.5. The van der Waals surface area contributed by atoms with E-state index in [0.29, 0.717) is 18.7 Å². The molecule has 0 aliphatic carbocycles. The van der Waals surface area contributed by atoms with E-state index in [9.17, 15) is 4.79 Å². The maximum absolute atomic E-state index is 12.7. The number of nitrogens with zero attached hydrogens (tertiary/aromatic N) is 3. The van der Waals surface area contributed by atoms with Crippen molar-refractivity contribution in [3.63, 3.8) is 0 Å². The molecule has 3 heterocycles. The zero-order valence-corrected chi connectivity index (χ0v) is 19.1. The summed E-state index contributed by atoms with van der Waals surface area (Å²) < 4.78 is 16.4. The Bertz CT molecular complexity index is 1100. The van der Waals surface area contributed by atoms with Crippen LogP contribution in [0.25, 0.3) is 11.1 Å². The van der Waals surface area contributed by atoms with Crippen molar-refractivity contribution in [3.05, 3.63) is 41.4 Å². The van der Waals surface area contributed by atoms with Crippen LogP contribution in [0.4, 0.5) is 5.82 Å². The number of anilines is 1. The molecule has 8 heteroatoms. The quantitative estimate of drug-likeness (QED) is 0.604. The number of benzene rings is 1. The van der Waals surface area contributed by atoms with Gasteiger partial charge in [-0.1, -0.05) is 6.07 Å². The van der Waals surface area contributed by atoms with Crippen LogP contribution in [0.1, 0.15) is 29.7 Å². The van der Waals surface area contributed by atoms with E-state index >= 15 is 0 Å². The number of ether oxygens (including phenoxy) is 2. The molecular weight excluding hydrogens is 408 g/mol. The molecule has 1 aromatic carbocycles. The summed E-state index contributed by atoms with van der Waals surface area (Å²) in [4.78, 5) is 23.7. The summed E-state index contributed by atoms with van der Waals surface area (Å²) in [5.74, 6) is 3.41. The van der Waals surface area contributed by atoms with Gasteiger partial charge in [-0.25, -0.2) is 9.97 Å². The minimum absolute atomic E-state index is 0.00789. The summed E-state index contributed by atoms with van der Waals surface area (Å²) in [6.45, 7) is 6.10. The summed E-state index contributed by atoms with van der Waals surface area (Å²) in [6, 6.07) is 5.74. The third kappa shape index (κ3) is 4.35. The summed E-state index contributed by atoms with van der Waals surface area (Å²) in [5.41, 5.74) is 2.74. The second kappa shape index (κ2) is 9.46. The van der Waals surface area contributed by atoms with Gasteiger partial charge in [0.15, 0.2) is 0 Å². The molecule has 32 heavy (non-hydrogen) atoms. The van der Waals surface area contributed by atoms with Crippen molar-refractivity contribution in [2.75, 3.05) is 38.8 Å². The lowest BCUT2D eigenvalue weighted by atomic mass is 9.95. The normalized spacial score (nSPS) is 14.6. The Labute approximate surface area is 187 Å². The zero-order valence-electron chi connectivity index (χ0n) is 19.1. The molecule has 1 amide bonds. The molecule has 8 nitrogen and oxygen atoms in total. The molecule has 1 saturated heterocycles. The number of carbonyl (C=O) groups is 1. The first-order valence-corrected chi connectivity index (χ1v) is 11.0. The Balaban J connectivity index is 1.32. The standard InChI is InChI=1S/C24H30N4O4/c1-15-16(2)32-24-21(15)22(26-14-27-24)28-11-8-18(9-12-28)23(29)25-10-7-17-5-6-19(30-3)13-20(17)31-4/h5-6,13-14,18H,7-12H2,1-4H3,(H,25,29). The topological polar surface area (TPSA) is 89.7 Å². The van der Waals surface area contributed by atoms with Gasteiger partial charge in [0.1, 0.15) is 29.4 Å². The first kappa shape index (κ1) is 21.9. The second-order valence-corrected chi connectivity index (χ2v) is 8.14. The number of nitrogens with one attached hydrogen (secondary N) is 1. The minimum atomic E-state index is 0.00789. The molecule has 1 aliphatic rings. The van der Waals surface area contributed by atoms with Gasteiger partial charge in [-0.2, -0.15) is 0 Å². The van der Waals surface area contributed by atoms with Crippen LogP contribution >= 0.6 is 0 Å². The highest BCUT2D eigenvalue weighted by Gasteiger charge is 2.27. The number of amides is 1. The lowest BCUT2D eigenvalue weighted by Gasteiger charge is -2.32. The number of fused-ring (bicyclic) bond motifs is 1. The van der Waals surface area contributed by atoms with Crippen molar-refractivity contribution >= 4 is 22.8 Å². The lowest BCUT2D eigenvalue weighted by molar-refractivity contribution is -0.125. The molecule has 2 aromatic heterocycles. The summed E-state index contributed by atoms with van der Waals surface area (Å²) in [6.07, 6.45) is 3.83. The maximum Gasteiger partial charge on any atom is 0.231 e. The molecule has 0 saturated carbocycles. The Morgan fingerprint density at radius 2 is 1.97 bits per heavy atom. The predicted molar refractivity (Wildman–Crippen MR) is 122 cm³/mol. The molecule has 170 valence electrons. The fourth-order valence-corrected chi connectivity index (χ4v) is 4.28. The van der Waals surface area contributed by atoms with Crippen LogP contribution in [-0.2, 0) is 11.2 Å². The fourth-order valence-electron chi connectivity index (χ4n) is 4.28. The third-order valence-electron chi connectivity index (χ3n) is 6.30. The van der Waals surface area contributed by atoms with Crippen molar-refractivity contribution in [2.45, 2.75) is 33.1 Å². The largest absolute Gasteiger partial charge is 0.497 e. The third-order valence-corrected chi connectivity index (χ3v) is 6.30. The van der Waals surface area contributed by atoms with Gasteiger partial charge in [0.2, 0.25) is 11.6 Å². The van der Waals surface area contributed by atoms with E-state index in [4.69, 9.17) is 13.9 Å². The van der Waals surface area contributed by atoms with E-state index < -0.39 is 0 Å². The van der Waals surface area contributed by atoms with Crippen molar-refractivity contribution in [1.29, 1.82) is 0 Å². The number of aryl methyl sites for hydroxylation is 2. The molecule has 0 radical (unpaired) electrons. The number of aromatic nitrogens is 2. The molecule has 1 fully saturated rings. The van der Waals surface area contributed by atoms with Gasteiger partial charge in [-0.15, -0.1) is 0 Å². The second-order valence-electron chi connectivity index (χ2n) is 8.14. The molecule has 3 aromatic rings. The molecule has 1 aliphatic heterocycles. The van der Waals surface area contributed by atoms with E-state index in [-0.39, 0.29) is 11.8 Å².